The Morgan fingerprint density at radius 2 is 1.88 bits per heavy atom. The first-order chi connectivity index (χ1) is 12.0. The van der Waals surface area contributed by atoms with Crippen molar-refractivity contribution in [2.24, 2.45) is 0 Å². The van der Waals surface area contributed by atoms with Crippen molar-refractivity contribution in [3.63, 3.8) is 0 Å². The Balaban J connectivity index is 1.55. The molecule has 8 nitrogen and oxygen atoms in total. The molecule has 1 fully saturated rings. The van der Waals surface area contributed by atoms with Gasteiger partial charge in [-0.1, -0.05) is 11.2 Å². The summed E-state index contributed by atoms with van der Waals surface area (Å²) in [5.74, 6) is 1.12. The highest BCUT2D eigenvalue weighted by atomic mass is 16.6. The van der Waals surface area contributed by atoms with Gasteiger partial charge in [0.15, 0.2) is 5.75 Å². The fraction of sp³-hybridized carbons (Fsp3) is 0.471. The number of nitro groups is 1. The van der Waals surface area contributed by atoms with E-state index in [0.717, 1.165) is 49.7 Å². The number of ether oxygens (including phenoxy) is 1. The Bertz CT molecular complexity index is 738. The lowest BCUT2D eigenvalue weighted by Gasteiger charge is -2.34. The Hall–Kier alpha value is -2.45. The largest absolute Gasteiger partial charge is 0.490 e. The van der Waals surface area contributed by atoms with Crippen LogP contribution in [-0.4, -0.2) is 53.2 Å². The van der Waals surface area contributed by atoms with Crippen molar-refractivity contribution < 1.29 is 14.2 Å². The third-order valence-electron chi connectivity index (χ3n) is 4.37. The number of hydrogen-bond donors (Lipinski definition) is 0. The Kier molecular flexibility index (Phi) is 5.30. The van der Waals surface area contributed by atoms with E-state index in [-0.39, 0.29) is 5.69 Å². The predicted octanol–water partition coefficient (Wildman–Crippen LogP) is 2.22. The van der Waals surface area contributed by atoms with Gasteiger partial charge in [0.2, 0.25) is 0 Å². The fourth-order valence-electron chi connectivity index (χ4n) is 3.06. The molecule has 1 saturated heterocycles. The van der Waals surface area contributed by atoms with Crippen molar-refractivity contribution in [1.82, 2.24) is 15.0 Å². The number of nitrogens with zero attached hydrogens (tertiary/aromatic N) is 4. The molecule has 0 atom stereocenters. The topological polar surface area (TPSA) is 84.9 Å². The molecule has 0 radical (unpaired) electrons. The van der Waals surface area contributed by atoms with Crippen LogP contribution in [0.15, 0.2) is 28.8 Å². The zero-order chi connectivity index (χ0) is 17.8. The molecule has 134 valence electrons. The molecular formula is C17H22N4O4. The molecule has 0 saturated carbocycles. The van der Waals surface area contributed by atoms with Gasteiger partial charge < -0.3 is 9.26 Å². The molecule has 2 aromatic rings. The van der Waals surface area contributed by atoms with E-state index in [4.69, 9.17) is 9.26 Å². The zero-order valence-electron chi connectivity index (χ0n) is 14.5. The second-order valence-electron chi connectivity index (χ2n) is 6.24. The van der Waals surface area contributed by atoms with Gasteiger partial charge in [0.05, 0.1) is 17.7 Å². The molecule has 1 aliphatic rings. The van der Waals surface area contributed by atoms with E-state index in [1.165, 1.54) is 7.11 Å². The maximum absolute atomic E-state index is 11.1. The van der Waals surface area contributed by atoms with Crippen LogP contribution in [0.5, 0.6) is 5.75 Å². The van der Waals surface area contributed by atoms with Crippen LogP contribution in [0, 0.1) is 17.0 Å². The first-order valence-electron chi connectivity index (χ1n) is 8.23. The summed E-state index contributed by atoms with van der Waals surface area (Å²) < 4.78 is 10.2. The summed E-state index contributed by atoms with van der Waals surface area (Å²) in [6.07, 6.45) is 0. The second kappa shape index (κ2) is 7.62. The van der Waals surface area contributed by atoms with Crippen LogP contribution >= 0.6 is 0 Å². The van der Waals surface area contributed by atoms with E-state index < -0.39 is 4.92 Å². The standard InChI is InChI=1S/C17H22N4O4/c1-13-9-15(18-25-13)12-20-7-5-19(6-8-20)11-14-3-4-17(24-2)16(10-14)21(22)23/h3-4,9-10H,5-8,11-12H2,1-2H3. The van der Waals surface area contributed by atoms with E-state index in [1.807, 2.05) is 19.1 Å². The minimum Gasteiger partial charge on any atom is -0.490 e. The lowest BCUT2D eigenvalue weighted by molar-refractivity contribution is -0.385. The van der Waals surface area contributed by atoms with E-state index in [0.29, 0.717) is 12.3 Å². The Morgan fingerprint density at radius 1 is 1.20 bits per heavy atom. The molecule has 3 rings (SSSR count). The van der Waals surface area contributed by atoms with Gasteiger partial charge in [0, 0.05) is 51.4 Å². The van der Waals surface area contributed by atoms with E-state index in [2.05, 4.69) is 15.0 Å². The van der Waals surface area contributed by atoms with Gasteiger partial charge in [-0.2, -0.15) is 0 Å². The van der Waals surface area contributed by atoms with Crippen molar-refractivity contribution in [3.05, 3.63) is 51.4 Å². The van der Waals surface area contributed by atoms with Gasteiger partial charge in [-0.3, -0.25) is 19.9 Å². The van der Waals surface area contributed by atoms with E-state index in [9.17, 15) is 10.1 Å². The van der Waals surface area contributed by atoms with Crippen LogP contribution in [0.4, 0.5) is 5.69 Å². The predicted molar refractivity (Wildman–Crippen MR) is 91.4 cm³/mol. The molecule has 0 spiro atoms. The molecule has 25 heavy (non-hydrogen) atoms. The molecule has 1 aliphatic heterocycles. The summed E-state index contributed by atoms with van der Waals surface area (Å²) in [7, 11) is 1.44. The molecule has 1 aromatic carbocycles. The molecule has 8 heteroatoms. The average molecular weight is 346 g/mol. The number of aryl methyl sites for hydroxylation is 1. The van der Waals surface area contributed by atoms with Crippen LogP contribution in [0.3, 0.4) is 0 Å². The summed E-state index contributed by atoms with van der Waals surface area (Å²) in [5.41, 5.74) is 1.89. The quantitative estimate of drug-likeness (QED) is 0.585. The van der Waals surface area contributed by atoms with Gasteiger partial charge in [-0.05, 0) is 18.6 Å². The SMILES string of the molecule is COc1ccc(CN2CCN(Cc3cc(C)on3)CC2)cc1[N+](=O)[O-]. The highest BCUT2D eigenvalue weighted by molar-refractivity contribution is 5.48. The monoisotopic (exact) mass is 346 g/mol. The molecule has 0 amide bonds. The molecular weight excluding hydrogens is 324 g/mol. The summed E-state index contributed by atoms with van der Waals surface area (Å²) in [6, 6.07) is 7.11. The summed E-state index contributed by atoms with van der Waals surface area (Å²) in [4.78, 5) is 15.4. The highest BCUT2D eigenvalue weighted by Crippen LogP contribution is 2.28. The number of rotatable bonds is 6. The molecule has 0 bridgehead atoms. The van der Waals surface area contributed by atoms with E-state index >= 15 is 0 Å². The summed E-state index contributed by atoms with van der Waals surface area (Å²) >= 11 is 0. The molecule has 0 unspecified atom stereocenters. The zero-order valence-corrected chi connectivity index (χ0v) is 14.5. The number of nitro benzene ring substituents is 1. The Morgan fingerprint density at radius 3 is 2.44 bits per heavy atom. The van der Waals surface area contributed by atoms with Crippen LogP contribution in [0.1, 0.15) is 17.0 Å². The molecule has 0 N–H and O–H groups in total. The minimum absolute atomic E-state index is 0.0139. The first-order valence-corrected chi connectivity index (χ1v) is 8.23. The number of benzene rings is 1. The van der Waals surface area contributed by atoms with Crippen LogP contribution in [0.25, 0.3) is 0 Å². The van der Waals surface area contributed by atoms with Crippen LogP contribution < -0.4 is 4.74 Å². The molecule has 1 aromatic heterocycles. The van der Waals surface area contributed by atoms with Gasteiger partial charge in [-0.15, -0.1) is 0 Å². The molecule has 0 aliphatic carbocycles. The van der Waals surface area contributed by atoms with Gasteiger partial charge >= 0.3 is 5.69 Å². The minimum atomic E-state index is -0.403. The lowest BCUT2D eigenvalue weighted by atomic mass is 10.1. The third-order valence-corrected chi connectivity index (χ3v) is 4.37. The number of piperazine rings is 1. The van der Waals surface area contributed by atoms with Crippen molar-refractivity contribution >= 4 is 5.69 Å². The van der Waals surface area contributed by atoms with Gasteiger partial charge in [0.1, 0.15) is 5.76 Å². The number of aromatic nitrogens is 1. The normalized spacial score (nSPS) is 16.1. The van der Waals surface area contributed by atoms with Crippen LogP contribution in [-0.2, 0) is 13.1 Å². The Labute approximate surface area is 146 Å². The van der Waals surface area contributed by atoms with Crippen molar-refractivity contribution in [2.45, 2.75) is 20.0 Å². The smallest absolute Gasteiger partial charge is 0.311 e. The third kappa shape index (κ3) is 4.34. The second-order valence-corrected chi connectivity index (χ2v) is 6.24. The first kappa shape index (κ1) is 17.4. The van der Waals surface area contributed by atoms with E-state index in [1.54, 1.807) is 12.1 Å². The van der Waals surface area contributed by atoms with Gasteiger partial charge in [-0.25, -0.2) is 0 Å². The maximum atomic E-state index is 11.1. The van der Waals surface area contributed by atoms with Crippen molar-refractivity contribution in [2.75, 3.05) is 33.3 Å². The number of methoxy groups -OCH3 is 1. The highest BCUT2D eigenvalue weighted by Gasteiger charge is 2.20. The lowest BCUT2D eigenvalue weighted by Crippen LogP contribution is -2.45. The number of hydrogen-bond acceptors (Lipinski definition) is 7. The van der Waals surface area contributed by atoms with Gasteiger partial charge in [0.25, 0.3) is 0 Å². The average Bonchev–Trinajstić information content (AvgIpc) is 3.01. The van der Waals surface area contributed by atoms with Crippen LogP contribution in [0.2, 0.25) is 0 Å². The molecule has 2 heterocycles. The summed E-state index contributed by atoms with van der Waals surface area (Å²) in [6.45, 7) is 7.07. The van der Waals surface area contributed by atoms with Crippen molar-refractivity contribution in [3.8, 4) is 5.75 Å². The van der Waals surface area contributed by atoms with Crippen molar-refractivity contribution in [1.29, 1.82) is 0 Å². The fourth-order valence-corrected chi connectivity index (χ4v) is 3.06. The summed E-state index contributed by atoms with van der Waals surface area (Å²) in [5, 5.41) is 15.2. The maximum Gasteiger partial charge on any atom is 0.311 e.